The lowest BCUT2D eigenvalue weighted by Crippen LogP contribution is -2.60. The SMILES string of the molecule is C[C@H](NC(=O)[C@H](CCCCN)NC(=O)[C@H](Cc1ccccc1)NC(=O)[C@@H]1CCCN1C(=O)[C@H](CCC(N)=O)NC(=O)[C@H](Cc1ccc(O)cc1)NC(=O)[C@H](Cc1cnc[nH]1)NC(=O)[C@@H](N)CCC(N)=O)C(=O)N[C@H](C(=O)O)[C@@H](C)O. The maximum Gasteiger partial charge on any atom is 0.328 e. The third-order valence-electron chi connectivity index (χ3n) is 13.1. The van der Waals surface area contributed by atoms with E-state index in [1.165, 1.54) is 48.6 Å². The van der Waals surface area contributed by atoms with E-state index >= 15 is 0 Å². The van der Waals surface area contributed by atoms with E-state index in [2.05, 4.69) is 47.2 Å². The number of phenols is 1. The van der Waals surface area contributed by atoms with E-state index in [1.807, 2.05) is 0 Å². The molecule has 1 saturated heterocycles. The molecule has 1 fully saturated rings. The van der Waals surface area contributed by atoms with Crippen molar-refractivity contribution in [3.8, 4) is 5.75 Å². The van der Waals surface area contributed by atoms with Crippen molar-refractivity contribution in [2.45, 2.75) is 151 Å². The maximum absolute atomic E-state index is 14.7. The molecule has 0 saturated carbocycles. The normalized spacial score (nSPS) is 16.4. The number of H-pyrrole nitrogens is 1. The van der Waals surface area contributed by atoms with E-state index in [1.54, 1.807) is 30.3 Å². The summed E-state index contributed by atoms with van der Waals surface area (Å²) in [5.41, 5.74) is 23.9. The second-order valence-electron chi connectivity index (χ2n) is 19.5. The minimum Gasteiger partial charge on any atom is -0.508 e. The van der Waals surface area contributed by atoms with Crippen LogP contribution in [0.1, 0.15) is 88.5 Å². The zero-order chi connectivity index (χ0) is 59.1. The number of unbranched alkanes of at least 4 members (excludes halogenated alkanes) is 1. The van der Waals surface area contributed by atoms with Crippen LogP contribution >= 0.6 is 0 Å². The van der Waals surface area contributed by atoms with E-state index in [4.69, 9.17) is 22.9 Å². The fourth-order valence-corrected chi connectivity index (χ4v) is 8.61. The number of likely N-dealkylation sites (tertiary alicyclic amines) is 1. The number of imidazole rings is 1. The molecule has 3 aromatic rings. The highest BCUT2D eigenvalue weighted by Crippen LogP contribution is 2.21. The van der Waals surface area contributed by atoms with Crippen LogP contribution in [0.25, 0.3) is 0 Å². The number of carboxylic acid groups (broad SMARTS) is 1. The number of nitrogens with two attached hydrogens (primary N) is 4. The lowest BCUT2D eigenvalue weighted by molar-refractivity contribution is -0.145. The zero-order valence-electron chi connectivity index (χ0n) is 44.6. The first-order valence-electron chi connectivity index (χ1n) is 26.1. The first-order chi connectivity index (χ1) is 38.0. The van der Waals surface area contributed by atoms with Crippen molar-refractivity contribution in [1.29, 1.82) is 0 Å². The second-order valence-corrected chi connectivity index (χ2v) is 19.5. The third-order valence-corrected chi connectivity index (χ3v) is 13.1. The van der Waals surface area contributed by atoms with Crippen molar-refractivity contribution in [2.24, 2.45) is 22.9 Å². The Morgan fingerprint density at radius 2 is 1.21 bits per heavy atom. The van der Waals surface area contributed by atoms with Crippen LogP contribution < -0.4 is 60.2 Å². The molecule has 10 atom stereocenters. The first-order valence-corrected chi connectivity index (χ1v) is 26.1. The van der Waals surface area contributed by atoms with Crippen molar-refractivity contribution in [2.75, 3.05) is 13.1 Å². The number of aromatic hydroxyl groups is 1. The van der Waals surface area contributed by atoms with Gasteiger partial charge >= 0.3 is 5.97 Å². The Morgan fingerprint density at radius 3 is 1.79 bits per heavy atom. The van der Waals surface area contributed by atoms with Gasteiger partial charge in [-0.05, 0) is 88.6 Å². The number of nitrogens with zero attached hydrogens (tertiary/aromatic N) is 2. The van der Waals surface area contributed by atoms with Gasteiger partial charge in [-0.1, -0.05) is 42.5 Å². The molecule has 0 radical (unpaired) electrons. The summed E-state index contributed by atoms with van der Waals surface area (Å²) in [7, 11) is 0. The van der Waals surface area contributed by atoms with E-state index in [0.717, 1.165) is 6.92 Å². The molecule has 1 aliphatic heterocycles. The minimum atomic E-state index is -1.68. The number of carbonyl (C=O) groups is 11. The zero-order valence-corrected chi connectivity index (χ0v) is 44.6. The van der Waals surface area contributed by atoms with Gasteiger partial charge in [0.05, 0.1) is 18.5 Å². The lowest BCUT2D eigenvalue weighted by Gasteiger charge is -2.31. The predicted octanol–water partition coefficient (Wildman–Crippen LogP) is -4.00. The molecule has 2 heterocycles. The van der Waals surface area contributed by atoms with Crippen LogP contribution in [0.3, 0.4) is 0 Å². The average Bonchev–Trinajstić information content (AvgIpc) is 4.13. The van der Waals surface area contributed by atoms with Crippen molar-refractivity contribution < 1.29 is 68.1 Å². The Balaban J connectivity index is 1.60. The van der Waals surface area contributed by atoms with Gasteiger partial charge in [0.15, 0.2) is 6.04 Å². The molecule has 28 heteroatoms. The fourth-order valence-electron chi connectivity index (χ4n) is 8.61. The monoisotopic (exact) mass is 1120 g/mol. The maximum atomic E-state index is 14.7. The first kappa shape index (κ1) is 64.0. The van der Waals surface area contributed by atoms with Gasteiger partial charge in [-0.2, -0.15) is 0 Å². The van der Waals surface area contributed by atoms with Crippen LogP contribution in [0.5, 0.6) is 5.75 Å². The number of amides is 10. The van der Waals surface area contributed by atoms with Crippen LogP contribution in [0.4, 0.5) is 0 Å². The standard InChI is InChI=1S/C52H74N14O14/c1-28(44(71)65-43(29(2)67)52(79)80)59-46(73)35(11-6-7-21-53)60-47(74)38(23-30-9-4-3-5-10-30)64-50(77)40-12-8-22-66(40)51(78)36(18-20-42(56)70)61-48(75)37(24-31-13-15-33(68)16-14-31)63-49(76)39(25-32-26-57-27-58-32)62-45(72)34(54)17-19-41(55)69/h3-5,9-10,13-16,26-29,34-40,43,67-68H,6-8,11-12,17-25,53-54H2,1-2H3,(H2,55,69)(H2,56,70)(H,57,58)(H,59,73)(H,60,74)(H,61,75)(H,62,72)(H,63,76)(H,64,77)(H,65,71)(H,79,80)/t28-,29+,34-,35-,36-,37-,38-,39-,40-,43-/m0/s1. The van der Waals surface area contributed by atoms with Gasteiger partial charge in [0, 0.05) is 50.5 Å². The summed E-state index contributed by atoms with van der Waals surface area (Å²) >= 11 is 0. The fraction of sp³-hybridized carbons (Fsp3) is 0.500. The molecular formula is C52H74N14O14. The summed E-state index contributed by atoms with van der Waals surface area (Å²) in [6, 6.07) is 1.59. The summed E-state index contributed by atoms with van der Waals surface area (Å²) in [5.74, 6) is -9.98. The number of hydrogen-bond acceptors (Lipinski definition) is 16. The minimum absolute atomic E-state index is 0.0147. The number of nitrogens with one attached hydrogen (secondary N) is 8. The summed E-state index contributed by atoms with van der Waals surface area (Å²) in [4.78, 5) is 155. The van der Waals surface area contributed by atoms with Gasteiger partial charge in [0.1, 0.15) is 48.0 Å². The topological polar surface area (TPSA) is 469 Å². The highest BCUT2D eigenvalue weighted by atomic mass is 16.4. The molecule has 0 spiro atoms. The number of aromatic nitrogens is 2. The Hall–Kier alpha value is -8.50. The van der Waals surface area contributed by atoms with Crippen LogP contribution in [-0.4, -0.2) is 169 Å². The Kier molecular flexibility index (Phi) is 25.4. The number of aliphatic carboxylic acids is 1. The number of aliphatic hydroxyl groups is 1. The molecule has 0 aliphatic carbocycles. The van der Waals surface area contributed by atoms with E-state index in [-0.39, 0.29) is 76.6 Å². The van der Waals surface area contributed by atoms with Gasteiger partial charge in [0.2, 0.25) is 59.1 Å². The Morgan fingerprint density at radius 1 is 0.662 bits per heavy atom. The number of phenolic OH excluding ortho intramolecular Hbond substituents is 1. The number of benzene rings is 2. The number of carboxylic acids is 1. The van der Waals surface area contributed by atoms with Crippen molar-refractivity contribution in [3.63, 3.8) is 0 Å². The molecular weight excluding hydrogens is 1040 g/mol. The highest BCUT2D eigenvalue weighted by molar-refractivity contribution is 5.98. The smallest absolute Gasteiger partial charge is 0.328 e. The lowest BCUT2D eigenvalue weighted by atomic mass is 10.0. The van der Waals surface area contributed by atoms with E-state index in [0.29, 0.717) is 29.7 Å². The molecule has 28 nitrogen and oxygen atoms in total. The van der Waals surface area contributed by atoms with Crippen LogP contribution in [0, 0.1) is 0 Å². The molecule has 4 rings (SSSR count). The highest BCUT2D eigenvalue weighted by Gasteiger charge is 2.41. The van der Waals surface area contributed by atoms with Crippen molar-refractivity contribution in [1.82, 2.24) is 52.1 Å². The van der Waals surface area contributed by atoms with Crippen molar-refractivity contribution >= 4 is 65.0 Å². The van der Waals surface area contributed by atoms with Gasteiger partial charge in [-0.25, -0.2) is 9.78 Å². The van der Waals surface area contributed by atoms with Crippen LogP contribution in [-0.2, 0) is 72.0 Å². The summed E-state index contributed by atoms with van der Waals surface area (Å²) < 4.78 is 0. The summed E-state index contributed by atoms with van der Waals surface area (Å²) in [6.07, 6.45) is 0.796. The van der Waals surface area contributed by atoms with E-state index in [9.17, 15) is 68.1 Å². The predicted molar refractivity (Wildman–Crippen MR) is 285 cm³/mol. The number of aliphatic hydroxyl groups excluding tert-OH is 1. The number of primary amides is 2. The molecule has 19 N–H and O–H groups in total. The van der Waals surface area contributed by atoms with Gasteiger partial charge < -0.3 is 85.4 Å². The van der Waals surface area contributed by atoms with Crippen LogP contribution in [0.2, 0.25) is 0 Å². The van der Waals surface area contributed by atoms with Crippen LogP contribution in [0.15, 0.2) is 67.1 Å². The molecule has 436 valence electrons. The number of rotatable bonds is 33. The summed E-state index contributed by atoms with van der Waals surface area (Å²) in [5, 5.41) is 47.1. The number of carbonyl (C=O) groups excluding carboxylic acids is 10. The second kappa shape index (κ2) is 31.8. The molecule has 2 aromatic carbocycles. The largest absolute Gasteiger partial charge is 0.508 e. The Bertz CT molecular complexity index is 2610. The molecule has 0 bridgehead atoms. The van der Waals surface area contributed by atoms with Gasteiger partial charge in [0.25, 0.3) is 0 Å². The molecule has 1 aromatic heterocycles. The quantitative estimate of drug-likeness (QED) is 0.0259. The molecule has 1 aliphatic rings. The Labute approximate surface area is 461 Å². The number of aromatic amines is 1. The molecule has 0 unspecified atom stereocenters. The van der Waals surface area contributed by atoms with Gasteiger partial charge in [-0.3, -0.25) is 47.9 Å². The summed E-state index contributed by atoms with van der Waals surface area (Å²) in [6.45, 7) is 2.67. The van der Waals surface area contributed by atoms with Crippen molar-refractivity contribution in [3.05, 3.63) is 83.9 Å². The average molecular weight is 1120 g/mol. The van der Waals surface area contributed by atoms with Gasteiger partial charge in [-0.15, -0.1) is 0 Å². The molecule has 10 amide bonds. The third kappa shape index (κ3) is 20.7. The molecule has 80 heavy (non-hydrogen) atoms. The number of hydrogen-bond donors (Lipinski definition) is 15. The van der Waals surface area contributed by atoms with E-state index < -0.39 is 132 Å².